The number of nitrogens with zero attached hydrogens (tertiary/aromatic N) is 3. The quantitative estimate of drug-likeness (QED) is 0.777. The van der Waals surface area contributed by atoms with Crippen LogP contribution in [0.25, 0.3) is 11.0 Å². The van der Waals surface area contributed by atoms with Gasteiger partial charge >= 0.3 is 0 Å². The first-order valence-electron chi connectivity index (χ1n) is 8.61. The highest BCUT2D eigenvalue weighted by atomic mass is 16.1. The molecule has 3 rings (SSSR count). The van der Waals surface area contributed by atoms with Gasteiger partial charge in [0.25, 0.3) is 5.91 Å². The monoisotopic (exact) mass is 336 g/mol. The van der Waals surface area contributed by atoms with E-state index in [1.165, 1.54) is 5.56 Å². The maximum absolute atomic E-state index is 12.8. The number of pyridine rings is 1. The summed E-state index contributed by atoms with van der Waals surface area (Å²) in [6.45, 7) is 5.86. The third-order valence-corrected chi connectivity index (χ3v) is 4.43. The molecule has 0 radical (unpaired) electrons. The summed E-state index contributed by atoms with van der Waals surface area (Å²) < 4.78 is 1.73. The summed E-state index contributed by atoms with van der Waals surface area (Å²) in [5, 5.41) is 8.36. The van der Waals surface area contributed by atoms with E-state index in [0.717, 1.165) is 35.3 Å². The van der Waals surface area contributed by atoms with E-state index < -0.39 is 0 Å². The van der Waals surface area contributed by atoms with E-state index in [0.29, 0.717) is 5.56 Å². The van der Waals surface area contributed by atoms with Crippen LogP contribution < -0.4 is 5.32 Å². The fraction of sp³-hybridized carbons (Fsp3) is 0.350. The van der Waals surface area contributed by atoms with Crippen LogP contribution in [0.4, 0.5) is 0 Å². The highest BCUT2D eigenvalue weighted by Crippen LogP contribution is 2.21. The van der Waals surface area contributed by atoms with E-state index in [1.807, 2.05) is 52.1 Å². The number of aryl methyl sites for hydroxylation is 4. The molecule has 1 N–H and O–H groups in total. The Balaban J connectivity index is 1.76. The van der Waals surface area contributed by atoms with Gasteiger partial charge in [-0.05, 0) is 45.2 Å². The summed E-state index contributed by atoms with van der Waals surface area (Å²) in [5.74, 6) is -0.0628. The lowest BCUT2D eigenvalue weighted by molar-refractivity contribution is 0.0940. The number of carbonyl (C=O) groups is 1. The van der Waals surface area contributed by atoms with Crippen LogP contribution in [0.15, 0.2) is 36.4 Å². The Morgan fingerprint density at radius 3 is 2.68 bits per heavy atom. The topological polar surface area (TPSA) is 59.8 Å². The minimum Gasteiger partial charge on any atom is -0.350 e. The van der Waals surface area contributed by atoms with Gasteiger partial charge in [0.15, 0.2) is 5.65 Å². The Hall–Kier alpha value is -2.69. The lowest BCUT2D eigenvalue weighted by Gasteiger charge is -2.15. The van der Waals surface area contributed by atoms with Gasteiger partial charge in [-0.15, -0.1) is 0 Å². The van der Waals surface area contributed by atoms with Crippen molar-refractivity contribution in [3.63, 3.8) is 0 Å². The van der Waals surface area contributed by atoms with E-state index >= 15 is 0 Å². The number of hydrogen-bond donors (Lipinski definition) is 1. The number of nitrogens with one attached hydrogen (secondary N) is 1. The first-order chi connectivity index (χ1) is 12.0. The van der Waals surface area contributed by atoms with E-state index in [2.05, 4.69) is 27.5 Å². The first-order valence-corrected chi connectivity index (χ1v) is 8.61. The molecule has 0 saturated heterocycles. The summed E-state index contributed by atoms with van der Waals surface area (Å²) in [6, 6.07) is 12.3. The highest BCUT2D eigenvalue weighted by molar-refractivity contribution is 6.06. The van der Waals surface area contributed by atoms with Crippen molar-refractivity contribution >= 4 is 16.9 Å². The standard InChI is InChI=1S/C20H24N4O/c1-13(10-11-16-8-6-5-7-9-16)22-20(25)17-12-14(2)21-19-18(17)15(3)23-24(19)4/h5-9,12-13H,10-11H2,1-4H3,(H,22,25)/t13-/m0/s1. The number of benzene rings is 1. The Labute approximate surface area is 148 Å². The van der Waals surface area contributed by atoms with Crippen molar-refractivity contribution in [2.24, 2.45) is 7.05 Å². The van der Waals surface area contributed by atoms with E-state index in [9.17, 15) is 4.79 Å². The number of fused-ring (bicyclic) bond motifs is 1. The van der Waals surface area contributed by atoms with Crippen molar-refractivity contribution in [3.8, 4) is 0 Å². The summed E-state index contributed by atoms with van der Waals surface area (Å²) in [4.78, 5) is 17.3. The maximum Gasteiger partial charge on any atom is 0.252 e. The second-order valence-electron chi connectivity index (χ2n) is 6.62. The molecule has 0 aliphatic rings. The Morgan fingerprint density at radius 1 is 1.24 bits per heavy atom. The molecule has 130 valence electrons. The average Bonchev–Trinajstić information content (AvgIpc) is 2.87. The van der Waals surface area contributed by atoms with Crippen LogP contribution in [-0.2, 0) is 13.5 Å². The summed E-state index contributed by atoms with van der Waals surface area (Å²) in [6.07, 6.45) is 1.84. The minimum atomic E-state index is -0.0628. The molecule has 0 saturated carbocycles. The van der Waals surface area contributed by atoms with Gasteiger partial charge in [-0.2, -0.15) is 5.10 Å². The lowest BCUT2D eigenvalue weighted by Crippen LogP contribution is -2.33. The van der Waals surface area contributed by atoms with Crippen molar-refractivity contribution in [1.29, 1.82) is 0 Å². The molecule has 0 aliphatic heterocycles. The third-order valence-electron chi connectivity index (χ3n) is 4.43. The molecular formula is C20H24N4O. The van der Waals surface area contributed by atoms with Crippen molar-refractivity contribution in [2.75, 3.05) is 0 Å². The zero-order valence-electron chi connectivity index (χ0n) is 15.2. The SMILES string of the molecule is Cc1cc(C(=O)N[C@@H](C)CCc2ccccc2)c2c(C)nn(C)c2n1. The fourth-order valence-electron chi connectivity index (χ4n) is 3.15. The molecule has 0 bridgehead atoms. The molecule has 3 aromatic rings. The lowest BCUT2D eigenvalue weighted by atomic mass is 10.0. The molecular weight excluding hydrogens is 312 g/mol. The highest BCUT2D eigenvalue weighted by Gasteiger charge is 2.18. The van der Waals surface area contributed by atoms with Crippen molar-refractivity contribution in [1.82, 2.24) is 20.1 Å². The Morgan fingerprint density at radius 2 is 1.96 bits per heavy atom. The largest absolute Gasteiger partial charge is 0.350 e. The molecule has 25 heavy (non-hydrogen) atoms. The van der Waals surface area contributed by atoms with Crippen molar-refractivity contribution in [3.05, 3.63) is 58.9 Å². The minimum absolute atomic E-state index is 0.0628. The van der Waals surface area contributed by atoms with Crippen LogP contribution in [0, 0.1) is 13.8 Å². The first kappa shape index (κ1) is 17.1. The smallest absolute Gasteiger partial charge is 0.252 e. The molecule has 2 aromatic heterocycles. The molecule has 0 fully saturated rings. The normalized spacial score (nSPS) is 12.3. The molecule has 1 aromatic carbocycles. The summed E-state index contributed by atoms with van der Waals surface area (Å²) in [5.41, 5.74) is 4.33. The van der Waals surface area contributed by atoms with Gasteiger partial charge < -0.3 is 5.32 Å². The molecule has 1 atom stereocenters. The molecule has 0 unspecified atom stereocenters. The molecule has 5 heteroatoms. The predicted octanol–water partition coefficient (Wildman–Crippen LogP) is 3.34. The van der Waals surface area contributed by atoms with Gasteiger partial charge in [0.1, 0.15) is 0 Å². The Kier molecular flexibility index (Phi) is 4.83. The number of hydrogen-bond acceptors (Lipinski definition) is 3. The van der Waals surface area contributed by atoms with Gasteiger partial charge in [-0.3, -0.25) is 9.48 Å². The predicted molar refractivity (Wildman–Crippen MR) is 99.7 cm³/mol. The number of rotatable bonds is 5. The average molecular weight is 336 g/mol. The Bertz CT molecular complexity index is 899. The van der Waals surface area contributed by atoms with Crippen LogP contribution in [-0.4, -0.2) is 26.7 Å². The van der Waals surface area contributed by atoms with Crippen molar-refractivity contribution < 1.29 is 4.79 Å². The molecule has 1 amide bonds. The fourth-order valence-corrected chi connectivity index (χ4v) is 3.15. The molecule has 2 heterocycles. The van der Waals surface area contributed by atoms with Crippen LogP contribution in [0.3, 0.4) is 0 Å². The van der Waals surface area contributed by atoms with Gasteiger partial charge in [-0.1, -0.05) is 30.3 Å². The van der Waals surface area contributed by atoms with E-state index in [-0.39, 0.29) is 11.9 Å². The zero-order valence-corrected chi connectivity index (χ0v) is 15.2. The van der Waals surface area contributed by atoms with Gasteiger partial charge in [0.2, 0.25) is 0 Å². The molecule has 0 aliphatic carbocycles. The number of aromatic nitrogens is 3. The van der Waals surface area contributed by atoms with Crippen LogP contribution >= 0.6 is 0 Å². The van der Waals surface area contributed by atoms with Gasteiger partial charge in [0, 0.05) is 18.8 Å². The number of amides is 1. The summed E-state index contributed by atoms with van der Waals surface area (Å²) >= 11 is 0. The van der Waals surface area contributed by atoms with Crippen LogP contribution in [0.1, 0.15) is 40.7 Å². The molecule has 5 nitrogen and oxygen atoms in total. The molecule has 0 spiro atoms. The van der Waals surface area contributed by atoms with Crippen LogP contribution in [0.5, 0.6) is 0 Å². The summed E-state index contributed by atoms with van der Waals surface area (Å²) in [7, 11) is 1.85. The van der Waals surface area contributed by atoms with Gasteiger partial charge in [-0.25, -0.2) is 4.98 Å². The van der Waals surface area contributed by atoms with Gasteiger partial charge in [0.05, 0.1) is 16.6 Å². The second kappa shape index (κ2) is 7.05. The zero-order chi connectivity index (χ0) is 18.0. The third kappa shape index (κ3) is 3.71. The van der Waals surface area contributed by atoms with Crippen LogP contribution in [0.2, 0.25) is 0 Å². The number of carbonyl (C=O) groups excluding carboxylic acids is 1. The maximum atomic E-state index is 12.8. The van der Waals surface area contributed by atoms with E-state index in [1.54, 1.807) is 4.68 Å². The second-order valence-corrected chi connectivity index (χ2v) is 6.62. The van der Waals surface area contributed by atoms with Crippen molar-refractivity contribution in [2.45, 2.75) is 39.7 Å². The van der Waals surface area contributed by atoms with E-state index in [4.69, 9.17) is 0 Å².